The maximum atomic E-state index is 10.9. The zero-order valence-electron chi connectivity index (χ0n) is 13.8. The zero-order chi connectivity index (χ0) is 15.8. The third kappa shape index (κ3) is 20.9. The van der Waals surface area contributed by atoms with Crippen LogP contribution < -0.4 is 0 Å². The molecule has 0 aliphatic heterocycles. The van der Waals surface area contributed by atoms with Crippen molar-refractivity contribution in [2.45, 2.75) is 96.8 Å². The van der Waals surface area contributed by atoms with Gasteiger partial charge in [0.15, 0.2) is 0 Å². The Morgan fingerprint density at radius 1 is 0.762 bits per heavy atom. The fraction of sp³-hybridized carbons (Fsp3) is 1.00. The first-order chi connectivity index (χ1) is 10.1. The maximum absolute atomic E-state index is 10.9. The lowest BCUT2D eigenvalue weighted by Crippen LogP contribution is -1.84. The minimum atomic E-state index is -3.14. The molecule has 0 saturated heterocycles. The van der Waals surface area contributed by atoms with Crippen LogP contribution in [0.1, 0.15) is 96.8 Å². The third-order valence-corrected chi connectivity index (χ3v) is 7.16. The molecule has 1 atom stereocenters. The first kappa shape index (κ1) is 21.9. The second-order valence-electron chi connectivity index (χ2n) is 5.92. The van der Waals surface area contributed by atoms with Crippen LogP contribution >= 0.6 is 29.4 Å². The third-order valence-electron chi connectivity index (χ3n) is 3.76. The maximum Gasteiger partial charge on any atom is 0.307 e. The van der Waals surface area contributed by atoms with E-state index < -0.39 is 5.77 Å². The predicted octanol–water partition coefficient (Wildman–Crippen LogP) is 7.23. The molecule has 5 heteroatoms. The first-order valence-electron chi connectivity index (χ1n) is 8.76. The van der Waals surface area contributed by atoms with Crippen LogP contribution in [0.5, 0.6) is 0 Å². The summed E-state index contributed by atoms with van der Waals surface area (Å²) in [6.45, 7) is 2.27. The highest BCUT2D eigenvalue weighted by molar-refractivity contribution is 8.84. The lowest BCUT2D eigenvalue weighted by atomic mass is 10.0. The highest BCUT2D eigenvalue weighted by Crippen LogP contribution is 2.58. The van der Waals surface area contributed by atoms with Crippen LogP contribution in [0.3, 0.4) is 0 Å². The van der Waals surface area contributed by atoms with Gasteiger partial charge in [0.25, 0.3) is 0 Å². The molecule has 0 aromatic carbocycles. The second kappa shape index (κ2) is 15.8. The van der Waals surface area contributed by atoms with Gasteiger partial charge in [0.1, 0.15) is 0 Å². The van der Waals surface area contributed by atoms with Crippen molar-refractivity contribution in [1.82, 2.24) is 0 Å². The van der Waals surface area contributed by atoms with Crippen LogP contribution in [0.15, 0.2) is 0 Å². The van der Waals surface area contributed by atoms with Gasteiger partial charge < -0.3 is 4.89 Å². The van der Waals surface area contributed by atoms with Gasteiger partial charge in [-0.2, -0.15) is 0 Å². The van der Waals surface area contributed by atoms with Crippen LogP contribution in [0, 0.1) is 0 Å². The smallest absolute Gasteiger partial charge is 0.307 e. The molecular weight excluding hydrogens is 319 g/mol. The molecule has 0 heterocycles. The summed E-state index contributed by atoms with van der Waals surface area (Å²) in [6, 6.07) is 0. The Labute approximate surface area is 141 Å². The molecule has 1 N–H and O–H groups in total. The fourth-order valence-electron chi connectivity index (χ4n) is 2.48. The van der Waals surface area contributed by atoms with Crippen molar-refractivity contribution < 1.29 is 9.46 Å². The topological polar surface area (TPSA) is 37.3 Å². The molecule has 0 radical (unpaired) electrons. The predicted molar refractivity (Wildman–Crippen MR) is 102 cm³/mol. The molecule has 0 rings (SSSR count). The van der Waals surface area contributed by atoms with Gasteiger partial charge in [-0.15, -0.1) is 0 Å². The average molecular weight is 355 g/mol. The van der Waals surface area contributed by atoms with Crippen molar-refractivity contribution in [3.05, 3.63) is 0 Å². The van der Waals surface area contributed by atoms with Gasteiger partial charge in [-0.05, 0) is 6.42 Å². The molecule has 2 nitrogen and oxygen atoms in total. The molecule has 21 heavy (non-hydrogen) atoms. The molecule has 0 aliphatic rings. The summed E-state index contributed by atoms with van der Waals surface area (Å²) in [7, 11) is 0. The summed E-state index contributed by atoms with van der Waals surface area (Å²) < 4.78 is 10.9. The molecule has 0 aliphatic carbocycles. The molecule has 0 fully saturated rings. The summed E-state index contributed by atoms with van der Waals surface area (Å²) in [4.78, 5) is 9.00. The summed E-state index contributed by atoms with van der Waals surface area (Å²) in [5.41, 5.74) is 0. The summed E-state index contributed by atoms with van der Waals surface area (Å²) >= 11 is 4.74. The van der Waals surface area contributed by atoms with E-state index in [1.54, 1.807) is 0 Å². The van der Waals surface area contributed by atoms with E-state index in [2.05, 4.69) is 19.2 Å². The molecule has 0 bridgehead atoms. The Bertz CT molecular complexity index is 257. The van der Waals surface area contributed by atoms with Crippen LogP contribution in [-0.4, -0.2) is 10.6 Å². The molecule has 0 aromatic rings. The first-order valence-corrected chi connectivity index (χ1v) is 13.2. The van der Waals surface area contributed by atoms with E-state index in [0.29, 0.717) is 0 Å². The van der Waals surface area contributed by atoms with Gasteiger partial charge in [-0.3, -0.25) is 4.57 Å². The van der Waals surface area contributed by atoms with Crippen molar-refractivity contribution >= 4 is 29.4 Å². The Balaban J connectivity index is 3.01. The molecule has 0 aromatic heterocycles. The molecule has 0 spiro atoms. The van der Waals surface area contributed by atoms with Crippen LogP contribution in [0.2, 0.25) is 0 Å². The number of unbranched alkanes of at least 4 members (excludes halogenated alkanes) is 13. The Kier molecular flexibility index (Phi) is 16.4. The van der Waals surface area contributed by atoms with E-state index in [0.717, 1.165) is 23.6 Å². The lowest BCUT2D eigenvalue weighted by Gasteiger charge is -2.04. The number of rotatable bonds is 16. The minimum Gasteiger partial charge on any atom is -0.329 e. The highest BCUT2D eigenvalue weighted by Gasteiger charge is 2.10. The normalized spacial score (nSPS) is 14.2. The van der Waals surface area contributed by atoms with Crippen molar-refractivity contribution in [2.75, 3.05) is 5.75 Å². The Hall–Kier alpha value is 0.890. The van der Waals surface area contributed by atoms with Crippen LogP contribution in [0.25, 0.3) is 0 Å². The van der Waals surface area contributed by atoms with Crippen molar-refractivity contribution in [1.29, 1.82) is 0 Å². The molecule has 128 valence electrons. The summed E-state index contributed by atoms with van der Waals surface area (Å²) in [6.07, 6.45) is 18.8. The van der Waals surface area contributed by atoms with Crippen LogP contribution in [0.4, 0.5) is 0 Å². The van der Waals surface area contributed by atoms with Crippen molar-refractivity contribution in [3.63, 3.8) is 0 Å². The van der Waals surface area contributed by atoms with E-state index in [9.17, 15) is 4.57 Å². The van der Waals surface area contributed by atoms with Gasteiger partial charge in [0.05, 0.1) is 0 Å². The Morgan fingerprint density at radius 2 is 1.10 bits per heavy atom. The number of hydrogen-bond acceptors (Lipinski definition) is 2. The number of hydrogen-bond donors (Lipinski definition) is 2. The second-order valence-corrected chi connectivity index (χ2v) is 12.3. The van der Waals surface area contributed by atoms with Crippen LogP contribution in [-0.2, 0) is 4.57 Å². The van der Waals surface area contributed by atoms with E-state index in [1.807, 2.05) is 0 Å². The SMILES string of the molecule is CCCCCCCCCCCCCCCCSP(=O)(O)S. The van der Waals surface area contributed by atoms with Gasteiger partial charge >= 0.3 is 5.77 Å². The van der Waals surface area contributed by atoms with E-state index in [1.165, 1.54) is 83.5 Å². The lowest BCUT2D eigenvalue weighted by molar-refractivity contribution is 0.514. The molecular formula is C16H35O2PS2. The standard InChI is InChI=1S/C16H35O2PS2/c1-2-3-4-5-6-7-8-9-10-11-12-13-14-15-16-21-19(17,18)20/h2-16H2,1H3,(H2,17,18,20). The van der Waals surface area contributed by atoms with Gasteiger partial charge in [0.2, 0.25) is 0 Å². The quantitative estimate of drug-likeness (QED) is 0.174. The summed E-state index contributed by atoms with van der Waals surface area (Å²) in [5.74, 6) is -2.38. The summed E-state index contributed by atoms with van der Waals surface area (Å²) in [5, 5.41) is 0. The number of thiol groups is 1. The van der Waals surface area contributed by atoms with E-state index in [4.69, 9.17) is 4.89 Å². The van der Waals surface area contributed by atoms with E-state index >= 15 is 0 Å². The fourth-order valence-corrected chi connectivity index (χ4v) is 4.89. The van der Waals surface area contributed by atoms with Gasteiger partial charge in [-0.1, -0.05) is 114 Å². The largest absolute Gasteiger partial charge is 0.329 e. The zero-order valence-corrected chi connectivity index (χ0v) is 16.4. The van der Waals surface area contributed by atoms with Crippen molar-refractivity contribution in [2.24, 2.45) is 0 Å². The average Bonchev–Trinajstić information content (AvgIpc) is 2.42. The van der Waals surface area contributed by atoms with Gasteiger partial charge in [0, 0.05) is 5.75 Å². The molecule has 0 amide bonds. The minimum absolute atomic E-state index is 0.759. The molecule has 1 unspecified atom stereocenters. The van der Waals surface area contributed by atoms with Gasteiger partial charge in [-0.25, -0.2) is 0 Å². The highest BCUT2D eigenvalue weighted by atomic mass is 33.1. The monoisotopic (exact) mass is 354 g/mol. The Morgan fingerprint density at radius 3 is 1.43 bits per heavy atom. The molecule has 0 saturated carbocycles. The van der Waals surface area contributed by atoms with E-state index in [-0.39, 0.29) is 0 Å². The van der Waals surface area contributed by atoms with Crippen molar-refractivity contribution in [3.8, 4) is 0 Å².